The Hall–Kier alpha value is -1.69. The summed E-state index contributed by atoms with van der Waals surface area (Å²) in [4.78, 5) is 21.9. The summed E-state index contributed by atoms with van der Waals surface area (Å²) < 4.78 is 12.1. The fraction of sp³-hybridized carbons (Fsp3) is 0.429. The molecule has 0 fully saturated rings. The third-order valence-electron chi connectivity index (χ3n) is 2.85. The zero-order valence-corrected chi connectivity index (χ0v) is 12.6. The predicted octanol–water partition coefficient (Wildman–Crippen LogP) is 1.14. The number of hydrogen-bond donors (Lipinski definition) is 2. The van der Waals surface area contributed by atoms with Crippen LogP contribution < -0.4 is 5.32 Å². The van der Waals surface area contributed by atoms with E-state index in [1.54, 1.807) is 0 Å². The minimum atomic E-state index is -1.35. The number of benzene rings is 1. The highest BCUT2D eigenvalue weighted by Crippen LogP contribution is 2.13. The van der Waals surface area contributed by atoms with E-state index in [2.05, 4.69) is 5.32 Å². The maximum atomic E-state index is 12.1. The van der Waals surface area contributed by atoms with Crippen molar-refractivity contribution in [3.63, 3.8) is 0 Å². The molecule has 1 aromatic carbocycles. The molecule has 20 heavy (non-hydrogen) atoms. The predicted molar refractivity (Wildman–Crippen MR) is 77.9 cm³/mol. The van der Waals surface area contributed by atoms with Crippen LogP contribution in [0.1, 0.15) is 23.6 Å². The molecule has 0 bridgehead atoms. The summed E-state index contributed by atoms with van der Waals surface area (Å²) in [6, 6.07) is 4.75. The van der Waals surface area contributed by atoms with Gasteiger partial charge in [0.15, 0.2) is 0 Å². The molecule has 0 heterocycles. The van der Waals surface area contributed by atoms with Crippen LogP contribution in [0.5, 0.6) is 0 Å². The number of aryl methyl sites for hydroxylation is 2. The fourth-order valence-corrected chi connectivity index (χ4v) is 3.17. The summed E-state index contributed by atoms with van der Waals surface area (Å²) >= 11 is 0. The molecule has 0 saturated heterocycles. The van der Waals surface area contributed by atoms with Crippen LogP contribution in [0, 0.1) is 13.8 Å². The van der Waals surface area contributed by atoms with Crippen LogP contribution in [0.25, 0.3) is 0 Å². The van der Waals surface area contributed by atoms with E-state index in [1.807, 2.05) is 32.0 Å². The molecule has 2 atom stereocenters. The van der Waals surface area contributed by atoms with Crippen molar-refractivity contribution in [2.45, 2.75) is 32.6 Å². The topological polar surface area (TPSA) is 83.5 Å². The second kappa shape index (κ2) is 7.19. The van der Waals surface area contributed by atoms with E-state index in [1.165, 1.54) is 6.92 Å². The van der Waals surface area contributed by atoms with Crippen LogP contribution in [0.4, 0.5) is 0 Å². The molecule has 110 valence electrons. The van der Waals surface area contributed by atoms with Crippen LogP contribution in [0.15, 0.2) is 18.2 Å². The average Bonchev–Trinajstić information content (AvgIpc) is 2.32. The van der Waals surface area contributed by atoms with Gasteiger partial charge in [-0.3, -0.25) is 9.00 Å². The summed E-state index contributed by atoms with van der Waals surface area (Å²) in [7, 11) is -1.35. The van der Waals surface area contributed by atoms with Gasteiger partial charge in [0, 0.05) is 23.5 Å². The molecular formula is C14H19NO4S. The number of carbonyl (C=O) groups is 2. The fourth-order valence-electron chi connectivity index (χ4n) is 1.79. The number of hydrogen-bond acceptors (Lipinski definition) is 3. The molecule has 1 rings (SSSR count). The molecule has 6 heteroatoms. The van der Waals surface area contributed by atoms with E-state index in [4.69, 9.17) is 5.11 Å². The number of aliphatic carboxylic acids is 1. The first-order valence-corrected chi connectivity index (χ1v) is 7.69. The second-order valence-electron chi connectivity index (χ2n) is 4.77. The van der Waals surface area contributed by atoms with Gasteiger partial charge in [-0.05, 0) is 25.0 Å². The van der Waals surface area contributed by atoms with E-state index >= 15 is 0 Å². The Kier molecular flexibility index (Phi) is 5.88. The highest BCUT2D eigenvalue weighted by atomic mass is 32.2. The smallest absolute Gasteiger partial charge is 0.327 e. The Morgan fingerprint density at radius 3 is 2.55 bits per heavy atom. The lowest BCUT2D eigenvalue weighted by molar-refractivity contribution is -0.140. The SMILES string of the molecule is CC(=O)NC(CS(=O)Cc1cc(C)ccc1C)C(=O)O. The van der Waals surface area contributed by atoms with Crippen molar-refractivity contribution >= 4 is 22.7 Å². The lowest BCUT2D eigenvalue weighted by atomic mass is 10.1. The first-order valence-electron chi connectivity index (χ1n) is 6.20. The zero-order chi connectivity index (χ0) is 15.3. The van der Waals surface area contributed by atoms with E-state index in [0.29, 0.717) is 0 Å². The highest BCUT2D eigenvalue weighted by molar-refractivity contribution is 7.84. The van der Waals surface area contributed by atoms with Gasteiger partial charge in [-0.25, -0.2) is 4.79 Å². The Morgan fingerprint density at radius 1 is 1.35 bits per heavy atom. The van der Waals surface area contributed by atoms with Gasteiger partial charge < -0.3 is 10.4 Å². The first kappa shape index (κ1) is 16.4. The maximum absolute atomic E-state index is 12.1. The van der Waals surface area contributed by atoms with Crippen LogP contribution in [-0.2, 0) is 26.1 Å². The molecule has 2 unspecified atom stereocenters. The van der Waals surface area contributed by atoms with Gasteiger partial charge in [0.05, 0.1) is 5.75 Å². The van der Waals surface area contributed by atoms with Gasteiger partial charge in [0.1, 0.15) is 6.04 Å². The van der Waals surface area contributed by atoms with Gasteiger partial charge in [-0.2, -0.15) is 0 Å². The largest absolute Gasteiger partial charge is 0.480 e. The molecule has 2 N–H and O–H groups in total. The van der Waals surface area contributed by atoms with Crippen LogP contribution >= 0.6 is 0 Å². The average molecular weight is 297 g/mol. The summed E-state index contributed by atoms with van der Waals surface area (Å²) in [5.74, 6) is -1.42. The normalized spacial score (nSPS) is 13.6. The Morgan fingerprint density at radius 2 is 2.00 bits per heavy atom. The standard InChI is InChI=1S/C14H19NO4S/c1-9-4-5-10(2)12(6-9)7-20(19)8-13(14(17)18)15-11(3)16/h4-6,13H,7-8H2,1-3H3,(H,15,16)(H,17,18). The number of rotatable bonds is 6. The Bertz CT molecular complexity index is 542. The van der Waals surface area contributed by atoms with Gasteiger partial charge in [-0.1, -0.05) is 23.8 Å². The number of carboxylic acids is 1. The van der Waals surface area contributed by atoms with Gasteiger partial charge in [-0.15, -0.1) is 0 Å². The summed E-state index contributed by atoms with van der Waals surface area (Å²) in [5.41, 5.74) is 3.03. The molecule has 0 radical (unpaired) electrons. The number of carboxylic acid groups (broad SMARTS) is 1. The molecule has 0 aromatic heterocycles. The first-order chi connectivity index (χ1) is 9.29. The lowest BCUT2D eigenvalue weighted by Crippen LogP contribution is -2.43. The third kappa shape index (κ3) is 5.13. The van der Waals surface area contributed by atoms with Crippen molar-refractivity contribution < 1.29 is 18.9 Å². The van der Waals surface area contributed by atoms with E-state index in [9.17, 15) is 13.8 Å². The number of nitrogens with one attached hydrogen (secondary N) is 1. The summed E-state index contributed by atoms with van der Waals surface area (Å²) in [6.45, 7) is 5.11. The van der Waals surface area contributed by atoms with Crippen molar-refractivity contribution in [1.29, 1.82) is 0 Å². The minimum absolute atomic E-state index is 0.0949. The van der Waals surface area contributed by atoms with E-state index in [0.717, 1.165) is 16.7 Å². The lowest BCUT2D eigenvalue weighted by Gasteiger charge is -2.13. The van der Waals surface area contributed by atoms with Crippen molar-refractivity contribution in [1.82, 2.24) is 5.32 Å². The van der Waals surface area contributed by atoms with Crippen molar-refractivity contribution in [2.75, 3.05) is 5.75 Å². The Labute approximate surface area is 120 Å². The van der Waals surface area contributed by atoms with Crippen molar-refractivity contribution in [2.24, 2.45) is 0 Å². The van der Waals surface area contributed by atoms with Gasteiger partial charge in [0.25, 0.3) is 0 Å². The molecule has 1 aromatic rings. The molecule has 0 saturated carbocycles. The van der Waals surface area contributed by atoms with Crippen LogP contribution in [0.2, 0.25) is 0 Å². The molecule has 1 amide bonds. The second-order valence-corrected chi connectivity index (χ2v) is 6.27. The summed E-state index contributed by atoms with van der Waals surface area (Å²) in [5, 5.41) is 11.3. The number of amides is 1. The van der Waals surface area contributed by atoms with Crippen molar-refractivity contribution in [3.05, 3.63) is 34.9 Å². The highest BCUT2D eigenvalue weighted by Gasteiger charge is 2.21. The molecule has 0 aliphatic carbocycles. The molecular weight excluding hydrogens is 278 g/mol. The van der Waals surface area contributed by atoms with Crippen molar-refractivity contribution in [3.8, 4) is 0 Å². The molecule has 0 spiro atoms. The Balaban J connectivity index is 2.72. The van der Waals surface area contributed by atoms with Crippen LogP contribution in [-0.4, -0.2) is 33.0 Å². The maximum Gasteiger partial charge on any atom is 0.327 e. The van der Waals surface area contributed by atoms with E-state index < -0.39 is 28.7 Å². The molecule has 0 aliphatic heterocycles. The molecule has 5 nitrogen and oxygen atoms in total. The quantitative estimate of drug-likeness (QED) is 0.825. The van der Waals surface area contributed by atoms with Gasteiger partial charge >= 0.3 is 5.97 Å². The number of carbonyl (C=O) groups excluding carboxylic acids is 1. The molecule has 0 aliphatic rings. The van der Waals surface area contributed by atoms with Gasteiger partial charge in [0.2, 0.25) is 5.91 Å². The summed E-state index contributed by atoms with van der Waals surface area (Å²) in [6.07, 6.45) is 0. The van der Waals surface area contributed by atoms with E-state index in [-0.39, 0.29) is 11.5 Å². The zero-order valence-electron chi connectivity index (χ0n) is 11.8. The third-order valence-corrected chi connectivity index (χ3v) is 4.19. The monoisotopic (exact) mass is 297 g/mol. The minimum Gasteiger partial charge on any atom is -0.480 e. The van der Waals surface area contributed by atoms with Crippen LogP contribution in [0.3, 0.4) is 0 Å².